The summed E-state index contributed by atoms with van der Waals surface area (Å²) in [6.45, 7) is 6.39. The molecule has 0 spiro atoms. The van der Waals surface area contributed by atoms with Crippen LogP contribution < -0.4 is 36.3 Å². The Balaban J connectivity index is 1.30. The van der Waals surface area contributed by atoms with Crippen molar-refractivity contribution < 1.29 is 53.5 Å². The molecule has 22 heteroatoms. The summed E-state index contributed by atoms with van der Waals surface area (Å²) in [4.78, 5) is 0. The van der Waals surface area contributed by atoms with Gasteiger partial charge in [0.15, 0.2) is 8.32 Å². The van der Waals surface area contributed by atoms with E-state index in [4.69, 9.17) is 53.5 Å². The van der Waals surface area contributed by atoms with Crippen molar-refractivity contribution in [1.29, 1.82) is 0 Å². The third kappa shape index (κ3) is 7.93. The Morgan fingerprint density at radius 2 is 0.464 bits per heavy atom. The first-order chi connectivity index (χ1) is 33.5. The minimum absolute atomic E-state index is 0.550. The summed E-state index contributed by atoms with van der Waals surface area (Å²) < 4.78 is 105. The quantitative estimate of drug-likeness (QED) is 0.172. The van der Waals surface area contributed by atoms with Crippen LogP contribution in [0.4, 0.5) is 0 Å². The van der Waals surface area contributed by atoms with Crippen molar-refractivity contribution in [2.45, 2.75) is 32.5 Å². The third-order valence-corrected chi connectivity index (χ3v) is 50.1. The van der Waals surface area contributed by atoms with Gasteiger partial charge < -0.3 is 53.5 Å². The molecule has 350 valence electrons. The summed E-state index contributed by atoms with van der Waals surface area (Å²) in [5, 5.41) is 3.91. The molecule has 6 heterocycles. The van der Waals surface area contributed by atoms with E-state index in [0.717, 1.165) is 12.5 Å². The second-order valence-corrected chi connectivity index (χ2v) is 45.3. The molecular formula is C47H48O13Si9. The van der Waals surface area contributed by atoms with E-state index in [9.17, 15) is 0 Å². The van der Waals surface area contributed by atoms with Gasteiger partial charge in [-0.3, -0.25) is 0 Å². The third-order valence-electron chi connectivity index (χ3n) is 12.3. The fraction of sp³-hybridized carbons (Fsp3) is 0.106. The number of benzene rings is 7. The van der Waals surface area contributed by atoms with E-state index < -0.39 is 79.0 Å². The summed E-state index contributed by atoms with van der Waals surface area (Å²) in [6, 6.07) is 67.9. The van der Waals surface area contributed by atoms with Crippen LogP contribution in [0.2, 0.25) is 19.1 Å². The smallest absolute Gasteiger partial charge is 0.395 e. The normalized spacial score (nSPS) is 33.7. The zero-order valence-corrected chi connectivity index (χ0v) is 46.9. The summed E-state index contributed by atoms with van der Waals surface area (Å²) in [6.07, 6.45) is 0.820. The van der Waals surface area contributed by atoms with Gasteiger partial charge in [0.05, 0.1) is 0 Å². The number of hydrogen-bond donors (Lipinski definition) is 0. The summed E-state index contributed by atoms with van der Waals surface area (Å²) >= 11 is 0. The highest BCUT2D eigenvalue weighted by atomic mass is 28.6. The van der Waals surface area contributed by atoms with Gasteiger partial charge in [0.2, 0.25) is 0 Å². The number of rotatable bonds is 11. The molecule has 0 radical (unpaired) electrons. The highest BCUT2D eigenvalue weighted by molar-refractivity contribution is 7.13. The monoisotopic (exact) mass is 1070 g/mol. The van der Waals surface area contributed by atoms with Crippen LogP contribution in [-0.2, 0) is 53.5 Å². The van der Waals surface area contributed by atoms with Gasteiger partial charge in [0.25, 0.3) is 0 Å². The second-order valence-electron chi connectivity index (χ2n) is 17.8. The molecule has 0 saturated carbocycles. The molecule has 7 aromatic rings. The van der Waals surface area contributed by atoms with E-state index in [0.29, 0.717) is 36.3 Å². The fourth-order valence-corrected chi connectivity index (χ4v) is 59.1. The van der Waals surface area contributed by atoms with E-state index in [1.54, 1.807) is 0 Å². The van der Waals surface area contributed by atoms with E-state index in [2.05, 4.69) is 20.0 Å². The topological polar surface area (TPSA) is 120 Å². The highest BCUT2D eigenvalue weighted by Gasteiger charge is 2.87. The molecule has 13 rings (SSSR count). The molecule has 0 atom stereocenters. The molecule has 0 aliphatic carbocycles. The van der Waals surface area contributed by atoms with E-state index in [1.807, 2.05) is 212 Å². The summed E-state index contributed by atoms with van der Waals surface area (Å²) in [7, 11) is -41.2. The molecule has 13 nitrogen and oxygen atoms in total. The van der Waals surface area contributed by atoms with Crippen LogP contribution in [0, 0.1) is 0 Å². The van der Waals surface area contributed by atoms with E-state index >= 15 is 0 Å². The lowest BCUT2D eigenvalue weighted by Crippen LogP contribution is -2.96. The van der Waals surface area contributed by atoms with Crippen LogP contribution in [0.5, 0.6) is 0 Å². The van der Waals surface area contributed by atoms with Crippen molar-refractivity contribution in [3.05, 3.63) is 212 Å². The minimum atomic E-state index is -4.97. The van der Waals surface area contributed by atoms with Crippen LogP contribution in [0.1, 0.15) is 13.3 Å². The molecule has 0 N–H and O–H groups in total. The lowest BCUT2D eigenvalue weighted by molar-refractivity contribution is -0.0263. The van der Waals surface area contributed by atoms with Gasteiger partial charge in [-0.15, -0.1) is 0 Å². The SMILES string of the molecule is CCC[Si](C)(C)O[Si]12O[Si]3(c4ccccc4)O[Si]4(c5ccccc5)O[Si](c5ccccc5)(O1)O[Si]1(c5ccccc5)O[Si](c5ccccc5)(O2)O[Si](c2ccccc2)(O3)O[Si](c2ccccc2)(O4)O1. The van der Waals surface area contributed by atoms with Gasteiger partial charge in [-0.25, -0.2) is 0 Å². The minimum Gasteiger partial charge on any atom is -0.395 e. The van der Waals surface area contributed by atoms with E-state index in [-0.39, 0.29) is 0 Å². The maximum absolute atomic E-state index is 8.11. The van der Waals surface area contributed by atoms with Crippen LogP contribution in [0.3, 0.4) is 0 Å². The summed E-state index contributed by atoms with van der Waals surface area (Å²) in [5.74, 6) is 0. The Kier molecular flexibility index (Phi) is 11.6. The van der Waals surface area contributed by atoms with E-state index in [1.165, 1.54) is 0 Å². The van der Waals surface area contributed by atoms with Gasteiger partial charge in [-0.1, -0.05) is 226 Å². The average molecular weight is 1070 g/mol. The maximum Gasteiger partial charge on any atom is 0.647 e. The van der Waals surface area contributed by atoms with Crippen LogP contribution in [-0.4, -0.2) is 79.0 Å². The molecule has 6 saturated heterocycles. The van der Waals surface area contributed by atoms with Gasteiger partial charge in [0.1, 0.15) is 0 Å². The maximum atomic E-state index is 8.11. The molecular weight excluding hydrogens is 1030 g/mol. The first kappa shape index (κ1) is 46.1. The van der Waals surface area contributed by atoms with Crippen LogP contribution in [0.15, 0.2) is 212 Å². The Bertz CT molecular complexity index is 2640. The predicted octanol–water partition coefficient (Wildman–Crippen LogP) is 4.24. The zero-order valence-electron chi connectivity index (χ0n) is 37.9. The highest BCUT2D eigenvalue weighted by Crippen LogP contribution is 2.49. The molecule has 6 aliphatic heterocycles. The van der Waals surface area contributed by atoms with Crippen molar-refractivity contribution in [3.63, 3.8) is 0 Å². The molecule has 6 aliphatic rings. The zero-order chi connectivity index (χ0) is 46.9. The van der Waals surface area contributed by atoms with Crippen LogP contribution in [0.25, 0.3) is 0 Å². The predicted molar refractivity (Wildman–Crippen MR) is 275 cm³/mol. The first-order valence-electron chi connectivity index (χ1n) is 23.0. The lowest BCUT2D eigenvalue weighted by Gasteiger charge is -2.62. The Hall–Kier alpha value is -4.03. The second kappa shape index (κ2) is 17.3. The molecule has 6 fully saturated rings. The summed E-state index contributed by atoms with van der Waals surface area (Å²) in [5.41, 5.74) is 0. The lowest BCUT2D eigenvalue weighted by atomic mass is 10.4. The number of hydrogen-bond acceptors (Lipinski definition) is 13. The largest absolute Gasteiger partial charge is 0.647 e. The van der Waals surface area contributed by atoms with Crippen LogP contribution >= 0.6 is 0 Å². The Morgan fingerprint density at radius 1 is 0.290 bits per heavy atom. The molecule has 8 bridgehead atoms. The van der Waals surface area contributed by atoms with Gasteiger partial charge >= 0.3 is 70.7 Å². The van der Waals surface area contributed by atoms with Crippen molar-refractivity contribution in [2.24, 2.45) is 0 Å². The Morgan fingerprint density at radius 3 is 0.638 bits per heavy atom. The average Bonchev–Trinajstić information content (AvgIpc) is 3.35. The standard InChI is InChI=1S/C47H48O13Si9/c1-4-40-61(2,3)48-69-58-66(45-34-20-9-21-35-45)52-63(42-28-14-6-15-29-42)49-62(41-26-12-5-13-27-41)50-64(54-66,43-30-16-7-17-31-43)56-68(60-69,47-38-24-11-25-39-47)57-65(51-62,44-32-18-8-19-33-44)55-67(53-63,59-69)46-36-22-10-23-37-46/h5-39H,4,40H2,1-3H3. The van der Waals surface area contributed by atoms with Crippen molar-refractivity contribution in [2.75, 3.05) is 0 Å². The van der Waals surface area contributed by atoms with Gasteiger partial charge in [-0.05, 0) is 19.1 Å². The molecule has 0 aromatic heterocycles. The van der Waals surface area contributed by atoms with Crippen molar-refractivity contribution in [3.8, 4) is 0 Å². The molecule has 0 unspecified atom stereocenters. The molecule has 0 amide bonds. The van der Waals surface area contributed by atoms with Crippen molar-refractivity contribution >= 4 is 115 Å². The van der Waals surface area contributed by atoms with Crippen molar-refractivity contribution in [1.82, 2.24) is 0 Å². The molecule has 69 heavy (non-hydrogen) atoms. The van der Waals surface area contributed by atoms with Gasteiger partial charge in [-0.2, -0.15) is 0 Å². The first-order valence-corrected chi connectivity index (χ1v) is 39.8. The fourth-order valence-electron chi connectivity index (χ4n) is 9.37. The van der Waals surface area contributed by atoms with Gasteiger partial charge in [0, 0.05) is 36.3 Å². The molecule has 7 aromatic carbocycles. The Labute approximate surface area is 411 Å².